The molecule has 1 atom stereocenters. The summed E-state index contributed by atoms with van der Waals surface area (Å²) in [6.45, 7) is 5.05. The van der Waals surface area contributed by atoms with Crippen LogP contribution in [0.25, 0.3) is 0 Å². The number of hydrogen-bond acceptors (Lipinski definition) is 3. The monoisotopic (exact) mass is 279 g/mol. The average Bonchev–Trinajstić information content (AvgIpc) is 2.53. The lowest BCUT2D eigenvalue weighted by Gasteiger charge is -2.22. The molecule has 0 aliphatic carbocycles. The lowest BCUT2D eigenvalue weighted by Crippen LogP contribution is -2.25. The summed E-state index contributed by atoms with van der Waals surface area (Å²) in [7, 11) is 0. The second-order valence-corrected chi connectivity index (χ2v) is 5.61. The molecule has 4 nitrogen and oxygen atoms in total. The van der Waals surface area contributed by atoms with E-state index in [1.54, 1.807) is 13.8 Å². The first kappa shape index (κ1) is 13.3. The lowest BCUT2D eigenvalue weighted by atomic mass is 10.2. The van der Waals surface area contributed by atoms with Gasteiger partial charge in [-0.1, -0.05) is 11.8 Å². The van der Waals surface area contributed by atoms with E-state index in [1.807, 2.05) is 0 Å². The van der Waals surface area contributed by atoms with Crippen molar-refractivity contribution in [3.8, 4) is 0 Å². The van der Waals surface area contributed by atoms with Gasteiger partial charge in [-0.05, 0) is 20.8 Å². The zero-order valence-electron chi connectivity index (χ0n) is 10.00. The van der Waals surface area contributed by atoms with E-state index < -0.39 is 17.0 Å². The van der Waals surface area contributed by atoms with Crippen LogP contribution in [-0.2, 0) is 0 Å². The summed E-state index contributed by atoms with van der Waals surface area (Å²) in [4.78, 5) is 15.8. The number of aliphatic imine (C=N–C) groups is 1. The van der Waals surface area contributed by atoms with Crippen molar-refractivity contribution in [1.82, 2.24) is 9.78 Å². The molecule has 0 bridgehead atoms. The fourth-order valence-corrected chi connectivity index (χ4v) is 2.76. The van der Waals surface area contributed by atoms with Gasteiger partial charge in [0.1, 0.15) is 5.25 Å². The van der Waals surface area contributed by atoms with Gasteiger partial charge in [-0.25, -0.2) is 4.99 Å². The van der Waals surface area contributed by atoms with Crippen molar-refractivity contribution in [2.75, 3.05) is 0 Å². The predicted molar refractivity (Wildman–Crippen MR) is 64.6 cm³/mol. The number of nitrogens with zero attached hydrogens (tertiary/aromatic N) is 2. The van der Waals surface area contributed by atoms with Crippen molar-refractivity contribution < 1.29 is 13.2 Å². The number of aromatic amines is 1. The van der Waals surface area contributed by atoms with Crippen molar-refractivity contribution in [2.45, 2.75) is 38.2 Å². The molecule has 1 aliphatic rings. The van der Waals surface area contributed by atoms with E-state index in [1.165, 1.54) is 11.6 Å². The number of thioether (sulfide) groups is 1. The first-order valence-corrected chi connectivity index (χ1v) is 6.23. The minimum Gasteiger partial charge on any atom is -0.268 e. The van der Waals surface area contributed by atoms with E-state index in [0.717, 1.165) is 0 Å². The highest BCUT2D eigenvalue weighted by Gasteiger charge is 2.47. The van der Waals surface area contributed by atoms with Crippen LogP contribution >= 0.6 is 11.8 Å². The van der Waals surface area contributed by atoms with E-state index in [-0.39, 0.29) is 17.4 Å². The molecule has 100 valence electrons. The van der Waals surface area contributed by atoms with E-state index in [0.29, 0.717) is 16.8 Å². The minimum atomic E-state index is -4.47. The maximum atomic E-state index is 12.9. The zero-order valence-corrected chi connectivity index (χ0v) is 10.8. The molecule has 1 aliphatic heterocycles. The van der Waals surface area contributed by atoms with Crippen LogP contribution in [0.1, 0.15) is 37.6 Å². The van der Waals surface area contributed by atoms with E-state index in [4.69, 9.17) is 0 Å². The van der Waals surface area contributed by atoms with Crippen LogP contribution < -0.4 is 5.56 Å². The Morgan fingerprint density at radius 3 is 2.56 bits per heavy atom. The number of alkyl halides is 3. The van der Waals surface area contributed by atoms with Crippen LogP contribution in [0.3, 0.4) is 0 Å². The van der Waals surface area contributed by atoms with E-state index in [9.17, 15) is 18.0 Å². The van der Waals surface area contributed by atoms with E-state index >= 15 is 0 Å². The summed E-state index contributed by atoms with van der Waals surface area (Å²) < 4.78 is 40.2. The van der Waals surface area contributed by atoms with Crippen LogP contribution in [0.5, 0.6) is 0 Å². The number of hydrogen-bond donors (Lipinski definition) is 1. The van der Waals surface area contributed by atoms with Gasteiger partial charge >= 0.3 is 6.18 Å². The standard InChI is InChI=1S/C10H12F3N3OS/c1-4(2)16-8-6(9(17)15-16)7(10(11,12)13)18-5(3)14-8/h4,7H,1-3H3,(H,15,17). The topological polar surface area (TPSA) is 50.1 Å². The molecule has 0 aromatic carbocycles. The molecule has 0 saturated carbocycles. The Hall–Kier alpha value is -1.18. The van der Waals surface area contributed by atoms with Gasteiger partial charge in [-0.15, -0.1) is 0 Å². The summed E-state index contributed by atoms with van der Waals surface area (Å²) in [6, 6.07) is -0.157. The normalized spacial score (nSPS) is 19.9. The quantitative estimate of drug-likeness (QED) is 0.858. The molecule has 2 rings (SSSR count). The molecule has 0 radical (unpaired) electrons. The summed E-state index contributed by atoms with van der Waals surface area (Å²) in [5.41, 5.74) is -1.02. The second-order valence-electron chi connectivity index (χ2n) is 4.31. The van der Waals surface area contributed by atoms with Gasteiger partial charge in [-0.2, -0.15) is 13.2 Å². The van der Waals surface area contributed by atoms with Crippen LogP contribution in [0.4, 0.5) is 19.0 Å². The fraction of sp³-hybridized carbons (Fsp3) is 0.600. The van der Waals surface area contributed by atoms with Crippen molar-refractivity contribution in [1.29, 1.82) is 0 Å². The number of fused-ring (bicyclic) bond motifs is 1. The molecule has 2 heterocycles. The zero-order chi connectivity index (χ0) is 13.7. The highest BCUT2D eigenvalue weighted by Crippen LogP contribution is 2.48. The molecule has 1 unspecified atom stereocenters. The Morgan fingerprint density at radius 1 is 1.44 bits per heavy atom. The molecule has 1 N–H and O–H groups in total. The van der Waals surface area contributed by atoms with Gasteiger partial charge < -0.3 is 0 Å². The van der Waals surface area contributed by atoms with Gasteiger partial charge in [-0.3, -0.25) is 14.6 Å². The first-order valence-electron chi connectivity index (χ1n) is 5.35. The third-order valence-electron chi connectivity index (χ3n) is 2.56. The Morgan fingerprint density at radius 2 is 2.06 bits per heavy atom. The lowest BCUT2D eigenvalue weighted by molar-refractivity contribution is -0.129. The fourth-order valence-electron chi connectivity index (χ4n) is 1.81. The predicted octanol–water partition coefficient (Wildman–Crippen LogP) is 3.16. The summed E-state index contributed by atoms with van der Waals surface area (Å²) in [5.74, 6) is 0.0913. The van der Waals surface area contributed by atoms with Crippen LogP contribution in [0.15, 0.2) is 9.79 Å². The van der Waals surface area contributed by atoms with Crippen LogP contribution in [0.2, 0.25) is 0 Å². The third-order valence-corrected chi connectivity index (χ3v) is 3.73. The first-order chi connectivity index (χ1) is 8.21. The summed E-state index contributed by atoms with van der Waals surface area (Å²) >= 11 is 0.567. The highest BCUT2D eigenvalue weighted by atomic mass is 32.2. The molecule has 1 aromatic heterocycles. The Bertz CT molecular complexity index is 556. The SMILES string of the molecule is CC1=Nc2c(c(=O)[nH]n2C(C)C)C(C(F)(F)F)S1. The number of aromatic nitrogens is 2. The minimum absolute atomic E-state index is 0.0913. The number of halogens is 3. The van der Waals surface area contributed by atoms with Crippen LogP contribution in [-0.4, -0.2) is 21.0 Å². The van der Waals surface area contributed by atoms with Crippen molar-refractivity contribution >= 4 is 22.6 Å². The van der Waals surface area contributed by atoms with Gasteiger partial charge in [0.2, 0.25) is 0 Å². The van der Waals surface area contributed by atoms with Crippen molar-refractivity contribution in [2.24, 2.45) is 4.99 Å². The Balaban J connectivity index is 2.67. The number of nitrogens with one attached hydrogen (secondary N) is 1. The summed E-state index contributed by atoms with van der Waals surface area (Å²) in [6.07, 6.45) is -4.47. The number of H-pyrrole nitrogens is 1. The molecule has 0 saturated heterocycles. The van der Waals surface area contributed by atoms with Crippen LogP contribution in [0, 0.1) is 0 Å². The smallest absolute Gasteiger partial charge is 0.268 e. The van der Waals surface area contributed by atoms with Gasteiger partial charge in [0, 0.05) is 6.04 Å². The van der Waals surface area contributed by atoms with E-state index in [2.05, 4.69) is 10.1 Å². The molecule has 0 amide bonds. The van der Waals surface area contributed by atoms with Crippen molar-refractivity contribution in [3.63, 3.8) is 0 Å². The average molecular weight is 279 g/mol. The molecular weight excluding hydrogens is 267 g/mol. The maximum absolute atomic E-state index is 12.9. The van der Waals surface area contributed by atoms with Gasteiger partial charge in [0.15, 0.2) is 5.82 Å². The Labute approximate surface area is 105 Å². The number of rotatable bonds is 1. The second kappa shape index (κ2) is 4.18. The Kier molecular flexibility index (Phi) is 3.08. The third kappa shape index (κ3) is 2.09. The van der Waals surface area contributed by atoms with Gasteiger partial charge in [0.05, 0.1) is 10.6 Å². The molecule has 18 heavy (non-hydrogen) atoms. The molecule has 1 aromatic rings. The van der Waals surface area contributed by atoms with Crippen molar-refractivity contribution in [3.05, 3.63) is 15.9 Å². The summed E-state index contributed by atoms with van der Waals surface area (Å²) in [5, 5.41) is 0.883. The molecule has 0 spiro atoms. The highest BCUT2D eigenvalue weighted by molar-refractivity contribution is 8.14. The largest absolute Gasteiger partial charge is 0.405 e. The molecule has 8 heteroatoms. The maximum Gasteiger partial charge on any atom is 0.405 e. The molecular formula is C10H12F3N3OS. The molecule has 0 fully saturated rings. The van der Waals surface area contributed by atoms with Gasteiger partial charge in [0.25, 0.3) is 5.56 Å².